The van der Waals surface area contributed by atoms with Crippen LogP contribution in [0.3, 0.4) is 0 Å². The Morgan fingerprint density at radius 3 is 2.09 bits per heavy atom. The van der Waals surface area contributed by atoms with Crippen molar-refractivity contribution in [2.45, 2.75) is 46.0 Å². The van der Waals surface area contributed by atoms with E-state index in [1.165, 1.54) is 6.42 Å². The molecule has 0 aliphatic heterocycles. The highest BCUT2D eigenvalue weighted by Crippen LogP contribution is 2.51. The monoisotopic (exact) mass is 152 g/mol. The summed E-state index contributed by atoms with van der Waals surface area (Å²) in [5, 5.41) is 0. The minimum atomic E-state index is 1.00. The Kier molecular flexibility index (Phi) is 1.95. The standard InChI is InChI=1S/C11H20/c1-3-8(2)11-6-9-4-5-10(9)7-11/h8-11H,3-7H2,1-2H3. The summed E-state index contributed by atoms with van der Waals surface area (Å²) in [4.78, 5) is 0. The first-order valence-electron chi connectivity index (χ1n) is 5.31. The molecule has 2 fully saturated rings. The summed E-state index contributed by atoms with van der Waals surface area (Å²) in [7, 11) is 0. The topological polar surface area (TPSA) is 0 Å². The quantitative estimate of drug-likeness (QED) is 0.568. The van der Waals surface area contributed by atoms with Crippen molar-refractivity contribution in [3.8, 4) is 0 Å². The van der Waals surface area contributed by atoms with E-state index >= 15 is 0 Å². The van der Waals surface area contributed by atoms with Gasteiger partial charge in [-0.25, -0.2) is 0 Å². The lowest BCUT2D eigenvalue weighted by Gasteiger charge is -2.29. The van der Waals surface area contributed by atoms with Crippen molar-refractivity contribution in [2.75, 3.05) is 0 Å². The van der Waals surface area contributed by atoms with Crippen LogP contribution in [0.4, 0.5) is 0 Å². The molecule has 3 unspecified atom stereocenters. The van der Waals surface area contributed by atoms with Crippen molar-refractivity contribution < 1.29 is 0 Å². The van der Waals surface area contributed by atoms with Crippen LogP contribution < -0.4 is 0 Å². The minimum Gasteiger partial charge on any atom is -0.0651 e. The zero-order valence-corrected chi connectivity index (χ0v) is 7.84. The minimum absolute atomic E-state index is 1.00. The number of rotatable bonds is 2. The Balaban J connectivity index is 1.88. The molecule has 0 radical (unpaired) electrons. The molecule has 2 rings (SSSR count). The molecule has 3 atom stereocenters. The van der Waals surface area contributed by atoms with Crippen LogP contribution in [-0.2, 0) is 0 Å². The molecule has 2 aliphatic carbocycles. The zero-order chi connectivity index (χ0) is 7.84. The van der Waals surface area contributed by atoms with Gasteiger partial charge in [-0.15, -0.1) is 0 Å². The van der Waals surface area contributed by atoms with Gasteiger partial charge in [-0.3, -0.25) is 0 Å². The Bertz CT molecular complexity index is 127. The van der Waals surface area contributed by atoms with E-state index in [4.69, 9.17) is 0 Å². The van der Waals surface area contributed by atoms with Gasteiger partial charge in [0.1, 0.15) is 0 Å². The van der Waals surface area contributed by atoms with Crippen molar-refractivity contribution >= 4 is 0 Å². The molecule has 0 aromatic rings. The van der Waals surface area contributed by atoms with Crippen LogP contribution >= 0.6 is 0 Å². The summed E-state index contributed by atoms with van der Waals surface area (Å²) >= 11 is 0. The van der Waals surface area contributed by atoms with Crippen LogP contribution in [0.1, 0.15) is 46.0 Å². The second-order valence-electron chi connectivity index (χ2n) is 4.71. The van der Waals surface area contributed by atoms with Crippen molar-refractivity contribution in [3.63, 3.8) is 0 Å². The van der Waals surface area contributed by atoms with Crippen LogP contribution in [0.15, 0.2) is 0 Å². The number of fused-ring (bicyclic) bond motifs is 1. The lowest BCUT2D eigenvalue weighted by Crippen LogP contribution is -2.18. The highest BCUT2D eigenvalue weighted by Gasteiger charge is 2.41. The van der Waals surface area contributed by atoms with E-state index in [1.807, 2.05) is 0 Å². The van der Waals surface area contributed by atoms with Gasteiger partial charge in [0, 0.05) is 0 Å². The summed E-state index contributed by atoms with van der Waals surface area (Å²) in [6, 6.07) is 0. The Morgan fingerprint density at radius 1 is 1.18 bits per heavy atom. The average molecular weight is 152 g/mol. The van der Waals surface area contributed by atoms with Gasteiger partial charge in [0.25, 0.3) is 0 Å². The molecule has 0 bridgehead atoms. The molecule has 0 heteroatoms. The fourth-order valence-electron chi connectivity index (χ4n) is 2.93. The van der Waals surface area contributed by atoms with E-state index in [-0.39, 0.29) is 0 Å². The molecule has 0 aromatic carbocycles. The van der Waals surface area contributed by atoms with E-state index < -0.39 is 0 Å². The third-order valence-electron chi connectivity index (χ3n) is 4.23. The Hall–Kier alpha value is 0. The summed E-state index contributed by atoms with van der Waals surface area (Å²) in [6.07, 6.45) is 7.64. The van der Waals surface area contributed by atoms with E-state index in [9.17, 15) is 0 Å². The molecule has 0 heterocycles. The Labute approximate surface area is 70.4 Å². The molecule has 0 nitrogen and oxygen atoms in total. The third kappa shape index (κ3) is 1.21. The molecule has 0 saturated heterocycles. The van der Waals surface area contributed by atoms with Gasteiger partial charge in [-0.2, -0.15) is 0 Å². The Morgan fingerprint density at radius 2 is 1.73 bits per heavy atom. The maximum absolute atomic E-state index is 2.44. The van der Waals surface area contributed by atoms with Crippen LogP contribution in [0.2, 0.25) is 0 Å². The van der Waals surface area contributed by atoms with Crippen molar-refractivity contribution in [3.05, 3.63) is 0 Å². The zero-order valence-electron chi connectivity index (χ0n) is 7.84. The van der Waals surface area contributed by atoms with E-state index in [0.717, 1.165) is 23.7 Å². The van der Waals surface area contributed by atoms with Gasteiger partial charge in [-0.1, -0.05) is 20.3 Å². The predicted octanol–water partition coefficient (Wildman–Crippen LogP) is 3.47. The molecule has 0 N–H and O–H groups in total. The van der Waals surface area contributed by atoms with Crippen molar-refractivity contribution in [1.82, 2.24) is 0 Å². The van der Waals surface area contributed by atoms with Gasteiger partial charge < -0.3 is 0 Å². The largest absolute Gasteiger partial charge is 0.0651 e. The molecule has 11 heavy (non-hydrogen) atoms. The smallest absolute Gasteiger partial charge is 0.0383 e. The summed E-state index contributed by atoms with van der Waals surface area (Å²) in [6.45, 7) is 4.78. The van der Waals surface area contributed by atoms with Crippen molar-refractivity contribution in [1.29, 1.82) is 0 Å². The van der Waals surface area contributed by atoms with Gasteiger partial charge >= 0.3 is 0 Å². The molecule has 64 valence electrons. The van der Waals surface area contributed by atoms with Crippen LogP contribution in [0.5, 0.6) is 0 Å². The molecule has 2 aliphatic rings. The van der Waals surface area contributed by atoms with Crippen LogP contribution in [0, 0.1) is 23.7 Å². The first-order chi connectivity index (χ1) is 5.31. The van der Waals surface area contributed by atoms with Crippen LogP contribution in [0.25, 0.3) is 0 Å². The SMILES string of the molecule is CCC(C)C1CC2CCC2C1. The predicted molar refractivity (Wildman–Crippen MR) is 48.4 cm³/mol. The molecule has 0 aromatic heterocycles. The van der Waals surface area contributed by atoms with Crippen molar-refractivity contribution in [2.24, 2.45) is 23.7 Å². The fraction of sp³-hybridized carbons (Fsp3) is 1.00. The van der Waals surface area contributed by atoms with E-state index in [1.54, 1.807) is 25.7 Å². The normalized spacial score (nSPS) is 44.7. The number of hydrogen-bond acceptors (Lipinski definition) is 0. The summed E-state index contributed by atoms with van der Waals surface area (Å²) in [5.74, 6) is 4.42. The third-order valence-corrected chi connectivity index (χ3v) is 4.23. The van der Waals surface area contributed by atoms with E-state index in [2.05, 4.69) is 13.8 Å². The summed E-state index contributed by atoms with van der Waals surface area (Å²) < 4.78 is 0. The number of hydrogen-bond donors (Lipinski definition) is 0. The molecule has 0 spiro atoms. The summed E-state index contributed by atoms with van der Waals surface area (Å²) in [5.41, 5.74) is 0. The molecule has 2 saturated carbocycles. The second kappa shape index (κ2) is 2.80. The lowest BCUT2D eigenvalue weighted by molar-refractivity contribution is 0.219. The first-order valence-corrected chi connectivity index (χ1v) is 5.31. The first kappa shape index (κ1) is 7.64. The second-order valence-corrected chi connectivity index (χ2v) is 4.71. The fourth-order valence-corrected chi connectivity index (χ4v) is 2.93. The average Bonchev–Trinajstić information content (AvgIpc) is 2.27. The van der Waals surface area contributed by atoms with Gasteiger partial charge in [0.2, 0.25) is 0 Å². The van der Waals surface area contributed by atoms with Gasteiger partial charge in [0.15, 0.2) is 0 Å². The van der Waals surface area contributed by atoms with Gasteiger partial charge in [-0.05, 0) is 49.4 Å². The molecular weight excluding hydrogens is 132 g/mol. The van der Waals surface area contributed by atoms with E-state index in [0.29, 0.717) is 0 Å². The van der Waals surface area contributed by atoms with Crippen LogP contribution in [-0.4, -0.2) is 0 Å². The highest BCUT2D eigenvalue weighted by molar-refractivity contribution is 4.91. The maximum atomic E-state index is 2.44. The molecule has 0 amide bonds. The molecular formula is C11H20. The maximum Gasteiger partial charge on any atom is -0.0383 e. The van der Waals surface area contributed by atoms with Gasteiger partial charge in [0.05, 0.1) is 0 Å². The lowest BCUT2D eigenvalue weighted by atomic mass is 9.77. The highest BCUT2D eigenvalue weighted by atomic mass is 14.5.